The maximum absolute atomic E-state index is 12.4. The number of nitrogens with one attached hydrogen (secondary N) is 2. The normalized spacial score (nSPS) is 21.2. The molecule has 3 rings (SSSR count). The van der Waals surface area contributed by atoms with E-state index in [1.54, 1.807) is 24.3 Å². The zero-order valence-electron chi connectivity index (χ0n) is 13.9. The number of carbonyl (C=O) groups is 1. The highest BCUT2D eigenvalue weighted by Gasteiger charge is 2.30. The molecule has 1 aromatic heterocycles. The van der Waals surface area contributed by atoms with Crippen molar-refractivity contribution in [2.45, 2.75) is 32.0 Å². The Labute approximate surface area is 156 Å². The Morgan fingerprint density at radius 3 is 2.80 bits per heavy atom. The molecule has 9 heteroatoms. The number of nitrogens with zero attached hydrogens (tertiary/aromatic N) is 2. The Kier molecular flexibility index (Phi) is 6.78. The third-order valence-electron chi connectivity index (χ3n) is 3.88. The maximum Gasteiger partial charge on any atom is 0.257 e. The molecule has 2 heterocycles. The van der Waals surface area contributed by atoms with Crippen molar-refractivity contribution in [1.82, 2.24) is 20.8 Å². The summed E-state index contributed by atoms with van der Waals surface area (Å²) in [5, 5.41) is 10.6. The van der Waals surface area contributed by atoms with Crippen LogP contribution < -0.4 is 10.6 Å². The van der Waals surface area contributed by atoms with Crippen molar-refractivity contribution in [3.8, 4) is 11.5 Å². The van der Waals surface area contributed by atoms with Crippen molar-refractivity contribution in [3.05, 3.63) is 35.1 Å². The number of aromatic nitrogens is 2. The summed E-state index contributed by atoms with van der Waals surface area (Å²) in [6.07, 6.45) is -0.180. The van der Waals surface area contributed by atoms with Gasteiger partial charge < -0.3 is 19.9 Å². The van der Waals surface area contributed by atoms with Gasteiger partial charge in [0, 0.05) is 17.1 Å². The fourth-order valence-corrected chi connectivity index (χ4v) is 2.64. The first-order valence-electron chi connectivity index (χ1n) is 7.79. The van der Waals surface area contributed by atoms with Crippen LogP contribution in [0.2, 0.25) is 5.02 Å². The Hall–Kier alpha value is -1.67. The highest BCUT2D eigenvalue weighted by molar-refractivity contribution is 6.30. The Morgan fingerprint density at radius 2 is 2.12 bits per heavy atom. The largest absolute Gasteiger partial charge is 0.375 e. The Bertz CT molecular complexity index is 708. The molecule has 0 aliphatic carbocycles. The van der Waals surface area contributed by atoms with E-state index in [9.17, 15) is 4.79 Å². The summed E-state index contributed by atoms with van der Waals surface area (Å²) in [6.45, 7) is 4.94. The number of morpholine rings is 1. The topological polar surface area (TPSA) is 89.3 Å². The van der Waals surface area contributed by atoms with Gasteiger partial charge in [-0.1, -0.05) is 16.8 Å². The van der Waals surface area contributed by atoms with Gasteiger partial charge in [-0.25, -0.2) is 0 Å². The number of hydrogen-bond donors (Lipinski definition) is 2. The molecule has 0 saturated carbocycles. The third kappa shape index (κ3) is 4.70. The summed E-state index contributed by atoms with van der Waals surface area (Å²) in [5.74, 6) is 0.653. The second-order valence-electron chi connectivity index (χ2n) is 5.70. The first-order chi connectivity index (χ1) is 11.5. The number of carbonyl (C=O) groups excluding carboxylic acids is 1. The van der Waals surface area contributed by atoms with Gasteiger partial charge in [-0.05, 0) is 38.1 Å². The van der Waals surface area contributed by atoms with Crippen LogP contribution in [0.15, 0.2) is 28.8 Å². The van der Waals surface area contributed by atoms with Crippen LogP contribution in [0.4, 0.5) is 0 Å². The molecule has 1 aliphatic heterocycles. The van der Waals surface area contributed by atoms with Crippen molar-refractivity contribution in [2.24, 2.45) is 0 Å². The minimum absolute atomic E-state index is 0. The highest BCUT2D eigenvalue weighted by atomic mass is 35.5. The molecule has 1 fully saturated rings. The van der Waals surface area contributed by atoms with Crippen LogP contribution in [0.5, 0.6) is 0 Å². The lowest BCUT2D eigenvalue weighted by Gasteiger charge is -2.29. The molecule has 1 unspecified atom stereocenters. The van der Waals surface area contributed by atoms with Gasteiger partial charge in [-0.3, -0.25) is 4.79 Å². The lowest BCUT2D eigenvalue weighted by Crippen LogP contribution is -2.55. The summed E-state index contributed by atoms with van der Waals surface area (Å²) in [6, 6.07) is 6.34. The Morgan fingerprint density at radius 1 is 1.40 bits per heavy atom. The van der Waals surface area contributed by atoms with Crippen LogP contribution in [0.25, 0.3) is 11.5 Å². The van der Waals surface area contributed by atoms with Gasteiger partial charge in [-0.2, -0.15) is 4.98 Å². The first-order valence-corrected chi connectivity index (χ1v) is 8.17. The number of ether oxygens (including phenoxy) is 1. The average molecular weight is 387 g/mol. The first kappa shape index (κ1) is 19.7. The molecule has 1 aromatic carbocycles. The van der Waals surface area contributed by atoms with Crippen LogP contribution >= 0.6 is 24.0 Å². The van der Waals surface area contributed by atoms with E-state index in [-0.39, 0.29) is 36.5 Å². The van der Waals surface area contributed by atoms with Gasteiger partial charge in [0.15, 0.2) is 5.82 Å². The summed E-state index contributed by atoms with van der Waals surface area (Å²) in [7, 11) is 0. The predicted octanol–water partition coefficient (Wildman–Crippen LogP) is 2.37. The zero-order valence-corrected chi connectivity index (χ0v) is 15.4. The summed E-state index contributed by atoms with van der Waals surface area (Å²) < 4.78 is 10.8. The van der Waals surface area contributed by atoms with E-state index in [0.29, 0.717) is 29.9 Å². The Balaban J connectivity index is 0.00000225. The molecule has 1 aliphatic rings. The van der Waals surface area contributed by atoms with Crippen molar-refractivity contribution in [1.29, 1.82) is 0 Å². The second kappa shape index (κ2) is 8.62. The summed E-state index contributed by atoms with van der Waals surface area (Å²) >= 11 is 5.87. The van der Waals surface area contributed by atoms with Gasteiger partial charge in [0.25, 0.3) is 5.89 Å². The van der Waals surface area contributed by atoms with E-state index in [0.717, 1.165) is 5.56 Å². The quantitative estimate of drug-likeness (QED) is 0.838. The third-order valence-corrected chi connectivity index (χ3v) is 4.13. The monoisotopic (exact) mass is 386 g/mol. The van der Waals surface area contributed by atoms with Crippen molar-refractivity contribution >= 4 is 29.9 Å². The van der Waals surface area contributed by atoms with E-state index in [2.05, 4.69) is 20.8 Å². The smallest absolute Gasteiger partial charge is 0.257 e. The molecule has 136 valence electrons. The standard InChI is InChI=1S/C16H19ClN4O3.ClH/c1-9(19-15(22)13-10(2)23-8-7-18-13)14-20-16(24-21-14)11-3-5-12(17)6-4-11;/h3-6,9-10,13,18H,7-8H2,1-2H3,(H,19,22);1H/t9?,10-,13+;/m1./s1. The highest BCUT2D eigenvalue weighted by Crippen LogP contribution is 2.21. The number of hydrogen-bond acceptors (Lipinski definition) is 6. The number of amides is 1. The lowest BCUT2D eigenvalue weighted by atomic mass is 10.1. The van der Waals surface area contributed by atoms with E-state index in [1.165, 1.54) is 0 Å². The van der Waals surface area contributed by atoms with E-state index >= 15 is 0 Å². The molecule has 0 spiro atoms. The SMILES string of the molecule is CC(NC(=O)[C@H]1NCCO[C@@H]1C)c1noc(-c2ccc(Cl)cc2)n1.Cl. The fourth-order valence-electron chi connectivity index (χ4n) is 2.52. The number of halogens is 2. The van der Waals surface area contributed by atoms with Gasteiger partial charge in [0.1, 0.15) is 6.04 Å². The molecule has 7 nitrogen and oxygen atoms in total. The lowest BCUT2D eigenvalue weighted by molar-refractivity contribution is -0.129. The van der Waals surface area contributed by atoms with E-state index < -0.39 is 0 Å². The molecule has 25 heavy (non-hydrogen) atoms. The molecular formula is C16H20Cl2N4O3. The van der Waals surface area contributed by atoms with Crippen molar-refractivity contribution < 1.29 is 14.1 Å². The van der Waals surface area contributed by atoms with Crippen LogP contribution in [-0.4, -0.2) is 41.3 Å². The second-order valence-corrected chi connectivity index (χ2v) is 6.14. The summed E-state index contributed by atoms with van der Waals surface area (Å²) in [4.78, 5) is 16.7. The van der Waals surface area contributed by atoms with E-state index in [4.69, 9.17) is 20.9 Å². The summed E-state index contributed by atoms with van der Waals surface area (Å²) in [5.41, 5.74) is 0.771. The minimum atomic E-state index is -0.385. The minimum Gasteiger partial charge on any atom is -0.375 e. The predicted molar refractivity (Wildman–Crippen MR) is 95.8 cm³/mol. The molecule has 1 saturated heterocycles. The molecule has 3 atom stereocenters. The van der Waals surface area contributed by atoms with Crippen molar-refractivity contribution in [3.63, 3.8) is 0 Å². The van der Waals surface area contributed by atoms with Gasteiger partial charge in [-0.15, -0.1) is 12.4 Å². The molecule has 0 bridgehead atoms. The van der Waals surface area contributed by atoms with Crippen LogP contribution in [0.3, 0.4) is 0 Å². The molecule has 2 N–H and O–H groups in total. The van der Waals surface area contributed by atoms with Crippen molar-refractivity contribution in [2.75, 3.05) is 13.2 Å². The van der Waals surface area contributed by atoms with Gasteiger partial charge in [0.05, 0.1) is 18.8 Å². The van der Waals surface area contributed by atoms with E-state index in [1.807, 2.05) is 13.8 Å². The van der Waals surface area contributed by atoms with Gasteiger partial charge >= 0.3 is 0 Å². The molecular weight excluding hydrogens is 367 g/mol. The maximum atomic E-state index is 12.4. The average Bonchev–Trinajstić information content (AvgIpc) is 3.06. The molecule has 2 aromatic rings. The van der Waals surface area contributed by atoms with Crippen LogP contribution in [0.1, 0.15) is 25.7 Å². The molecule has 0 radical (unpaired) electrons. The zero-order chi connectivity index (χ0) is 17.1. The van der Waals surface area contributed by atoms with Crippen LogP contribution in [0, 0.1) is 0 Å². The van der Waals surface area contributed by atoms with Gasteiger partial charge in [0.2, 0.25) is 5.91 Å². The number of rotatable bonds is 4. The molecule has 1 amide bonds. The fraction of sp³-hybridized carbons (Fsp3) is 0.438. The number of benzene rings is 1. The van der Waals surface area contributed by atoms with Crippen LogP contribution in [-0.2, 0) is 9.53 Å².